The van der Waals surface area contributed by atoms with Gasteiger partial charge in [0, 0.05) is 45.0 Å². The van der Waals surface area contributed by atoms with Crippen LogP contribution in [0.5, 0.6) is 0 Å². The molecule has 2 heterocycles. The van der Waals surface area contributed by atoms with E-state index >= 15 is 0 Å². The first-order valence-corrected chi connectivity index (χ1v) is 9.62. The normalized spacial score (nSPS) is 19.5. The van der Waals surface area contributed by atoms with Crippen LogP contribution in [0.2, 0.25) is 0 Å². The van der Waals surface area contributed by atoms with Crippen molar-refractivity contribution in [1.29, 1.82) is 5.26 Å². The lowest BCUT2D eigenvalue weighted by molar-refractivity contribution is -0.132. The fourth-order valence-electron chi connectivity index (χ4n) is 3.65. The van der Waals surface area contributed by atoms with Crippen molar-refractivity contribution in [1.82, 2.24) is 14.7 Å². The van der Waals surface area contributed by atoms with E-state index in [0.29, 0.717) is 17.8 Å². The highest BCUT2D eigenvalue weighted by Gasteiger charge is 2.27. The van der Waals surface area contributed by atoms with E-state index in [1.54, 1.807) is 24.3 Å². The molecule has 2 saturated heterocycles. The van der Waals surface area contributed by atoms with Crippen molar-refractivity contribution in [2.75, 3.05) is 51.1 Å². The molecule has 0 radical (unpaired) electrons. The third-order valence-corrected chi connectivity index (χ3v) is 5.41. The third-order valence-electron chi connectivity index (χ3n) is 5.41. The molecule has 2 aliphatic heterocycles. The number of anilines is 1. The number of likely N-dealkylation sites (tertiary alicyclic amines) is 1. The first-order chi connectivity index (χ1) is 13.1. The summed E-state index contributed by atoms with van der Waals surface area (Å²) in [5.41, 5.74) is 1.16. The van der Waals surface area contributed by atoms with Crippen LogP contribution in [0.3, 0.4) is 0 Å². The molecule has 3 rings (SSSR count). The van der Waals surface area contributed by atoms with E-state index in [4.69, 9.17) is 5.26 Å². The summed E-state index contributed by atoms with van der Waals surface area (Å²) in [6.07, 6.45) is 2.23. The molecule has 1 atom stereocenters. The second-order valence-electron chi connectivity index (χ2n) is 7.26. The molecule has 0 saturated carbocycles. The van der Waals surface area contributed by atoms with Gasteiger partial charge in [-0.25, -0.2) is 0 Å². The van der Waals surface area contributed by atoms with Crippen molar-refractivity contribution >= 4 is 17.5 Å². The van der Waals surface area contributed by atoms with Gasteiger partial charge in [0.1, 0.15) is 0 Å². The fourth-order valence-corrected chi connectivity index (χ4v) is 3.65. The van der Waals surface area contributed by atoms with Crippen LogP contribution in [0.25, 0.3) is 0 Å². The fraction of sp³-hybridized carbons (Fsp3) is 0.550. The van der Waals surface area contributed by atoms with Crippen LogP contribution in [0, 0.1) is 11.3 Å². The van der Waals surface area contributed by atoms with Crippen molar-refractivity contribution in [3.8, 4) is 6.07 Å². The zero-order valence-electron chi connectivity index (χ0n) is 15.9. The third kappa shape index (κ3) is 5.06. The Morgan fingerprint density at radius 2 is 1.85 bits per heavy atom. The minimum atomic E-state index is -0.257. The largest absolute Gasteiger partial charge is 0.342 e. The summed E-state index contributed by atoms with van der Waals surface area (Å²) in [6, 6.07) is 8.75. The van der Waals surface area contributed by atoms with E-state index in [1.165, 1.54) is 0 Å². The number of nitrogens with zero attached hydrogens (tertiary/aromatic N) is 4. The Bertz CT molecular complexity index is 715. The van der Waals surface area contributed by atoms with Gasteiger partial charge in [0.05, 0.1) is 24.2 Å². The van der Waals surface area contributed by atoms with Crippen LogP contribution in [0.4, 0.5) is 5.69 Å². The van der Waals surface area contributed by atoms with E-state index in [1.807, 2.05) is 11.8 Å². The average molecular weight is 369 g/mol. The number of hydrogen-bond donors (Lipinski definition) is 1. The molecule has 0 aromatic heterocycles. The number of hydrogen-bond acceptors (Lipinski definition) is 5. The Morgan fingerprint density at radius 1 is 1.15 bits per heavy atom. The maximum Gasteiger partial charge on any atom is 0.241 e. The number of nitrogens with one attached hydrogen (secondary N) is 1. The maximum absolute atomic E-state index is 12.5. The monoisotopic (exact) mass is 369 g/mol. The van der Waals surface area contributed by atoms with Crippen molar-refractivity contribution in [2.45, 2.75) is 25.8 Å². The van der Waals surface area contributed by atoms with Crippen molar-refractivity contribution < 1.29 is 9.59 Å². The quantitative estimate of drug-likeness (QED) is 0.842. The molecule has 1 N–H and O–H groups in total. The zero-order chi connectivity index (χ0) is 19.2. The number of piperazine rings is 1. The molecule has 0 unspecified atom stereocenters. The van der Waals surface area contributed by atoms with Gasteiger partial charge < -0.3 is 10.2 Å². The molecular weight excluding hydrogens is 342 g/mol. The van der Waals surface area contributed by atoms with E-state index in [2.05, 4.69) is 21.2 Å². The number of amides is 2. The number of nitriles is 1. The smallest absolute Gasteiger partial charge is 0.241 e. The van der Waals surface area contributed by atoms with Gasteiger partial charge in [-0.05, 0) is 38.0 Å². The minimum Gasteiger partial charge on any atom is -0.342 e. The molecule has 0 spiro atoms. The van der Waals surface area contributed by atoms with Gasteiger partial charge in [-0.15, -0.1) is 0 Å². The van der Waals surface area contributed by atoms with Crippen LogP contribution >= 0.6 is 0 Å². The maximum atomic E-state index is 12.5. The molecule has 2 aliphatic rings. The first kappa shape index (κ1) is 19.3. The van der Waals surface area contributed by atoms with Crippen molar-refractivity contribution in [3.05, 3.63) is 29.8 Å². The highest BCUT2D eigenvalue weighted by atomic mass is 16.2. The van der Waals surface area contributed by atoms with E-state index in [0.717, 1.165) is 52.1 Å². The van der Waals surface area contributed by atoms with Gasteiger partial charge in [-0.2, -0.15) is 5.26 Å². The Morgan fingerprint density at radius 3 is 2.52 bits per heavy atom. The average Bonchev–Trinajstić information content (AvgIpc) is 3.23. The predicted octanol–water partition coefficient (Wildman–Crippen LogP) is 1.13. The second kappa shape index (κ2) is 8.98. The number of rotatable bonds is 5. The standard InChI is InChI=1S/C20H27N5O2/c1-16(20(27)22-18-6-4-5-17(13-18)14-21)24-11-9-23(10-12-24)15-19(26)25-7-2-3-8-25/h4-6,13,16H,2-3,7-12,15H2,1H3,(H,22,27)/t16-/m1/s1. The van der Waals surface area contributed by atoms with E-state index in [9.17, 15) is 9.59 Å². The second-order valence-corrected chi connectivity index (χ2v) is 7.26. The van der Waals surface area contributed by atoms with Gasteiger partial charge in [0.25, 0.3) is 0 Å². The summed E-state index contributed by atoms with van der Waals surface area (Å²) < 4.78 is 0. The zero-order valence-corrected chi connectivity index (χ0v) is 15.9. The molecule has 27 heavy (non-hydrogen) atoms. The van der Waals surface area contributed by atoms with Gasteiger partial charge >= 0.3 is 0 Å². The Kier molecular flexibility index (Phi) is 6.43. The van der Waals surface area contributed by atoms with Crippen LogP contribution in [0.1, 0.15) is 25.3 Å². The molecular formula is C20H27N5O2. The van der Waals surface area contributed by atoms with Crippen LogP contribution < -0.4 is 5.32 Å². The molecule has 1 aromatic carbocycles. The van der Waals surface area contributed by atoms with E-state index in [-0.39, 0.29) is 17.9 Å². The topological polar surface area (TPSA) is 79.7 Å². The number of carbonyl (C=O) groups is 2. The van der Waals surface area contributed by atoms with Gasteiger partial charge in [-0.3, -0.25) is 19.4 Å². The Balaban J connectivity index is 1.46. The Hall–Kier alpha value is -2.43. The molecule has 0 aliphatic carbocycles. The summed E-state index contributed by atoms with van der Waals surface area (Å²) >= 11 is 0. The van der Waals surface area contributed by atoms with Gasteiger partial charge in [0.2, 0.25) is 11.8 Å². The highest BCUT2D eigenvalue weighted by molar-refractivity contribution is 5.94. The minimum absolute atomic E-state index is 0.0771. The summed E-state index contributed by atoms with van der Waals surface area (Å²) in [7, 11) is 0. The SMILES string of the molecule is C[C@H](C(=O)Nc1cccc(C#N)c1)N1CCN(CC(=O)N2CCCC2)CC1. The summed E-state index contributed by atoms with van der Waals surface area (Å²) in [6.45, 7) is 7.28. The lowest BCUT2D eigenvalue weighted by atomic mass is 10.2. The Labute approximate surface area is 160 Å². The van der Waals surface area contributed by atoms with E-state index < -0.39 is 0 Å². The molecule has 0 bridgehead atoms. The van der Waals surface area contributed by atoms with Gasteiger partial charge in [-0.1, -0.05) is 6.07 Å². The number of benzene rings is 1. The molecule has 7 heteroatoms. The molecule has 2 amide bonds. The number of carbonyl (C=O) groups excluding carboxylic acids is 2. The molecule has 144 valence electrons. The molecule has 1 aromatic rings. The first-order valence-electron chi connectivity index (χ1n) is 9.62. The lowest BCUT2D eigenvalue weighted by Crippen LogP contribution is -2.54. The predicted molar refractivity (Wildman–Crippen MR) is 103 cm³/mol. The molecule has 2 fully saturated rings. The summed E-state index contributed by atoms with van der Waals surface area (Å²) in [5.74, 6) is 0.149. The van der Waals surface area contributed by atoms with Crippen molar-refractivity contribution in [2.24, 2.45) is 0 Å². The van der Waals surface area contributed by atoms with Crippen molar-refractivity contribution in [3.63, 3.8) is 0 Å². The molecule has 7 nitrogen and oxygen atoms in total. The van der Waals surface area contributed by atoms with Crippen LogP contribution in [-0.2, 0) is 9.59 Å². The van der Waals surface area contributed by atoms with Crippen LogP contribution in [0.15, 0.2) is 24.3 Å². The van der Waals surface area contributed by atoms with Crippen LogP contribution in [-0.4, -0.2) is 78.4 Å². The van der Waals surface area contributed by atoms with Gasteiger partial charge in [0.15, 0.2) is 0 Å². The lowest BCUT2D eigenvalue weighted by Gasteiger charge is -2.37. The summed E-state index contributed by atoms with van der Waals surface area (Å²) in [5, 5.41) is 11.9. The summed E-state index contributed by atoms with van der Waals surface area (Å²) in [4.78, 5) is 31.1. The highest BCUT2D eigenvalue weighted by Crippen LogP contribution is 2.13.